The van der Waals surface area contributed by atoms with Gasteiger partial charge in [0.15, 0.2) is 11.0 Å². The van der Waals surface area contributed by atoms with Gasteiger partial charge in [-0.2, -0.15) is 0 Å². The number of unbranched alkanes of at least 4 members (excludes halogenated alkanes) is 1. The monoisotopic (exact) mass is 474 g/mol. The van der Waals surface area contributed by atoms with Crippen molar-refractivity contribution in [2.24, 2.45) is 5.92 Å². The van der Waals surface area contributed by atoms with Gasteiger partial charge in [-0.1, -0.05) is 32.0 Å². The van der Waals surface area contributed by atoms with Gasteiger partial charge in [-0.15, -0.1) is 16.4 Å². The molecule has 1 saturated heterocycles. The molecule has 0 radical (unpaired) electrons. The standard InChI is InChI=1S/C22H30N6O2S2/c1-3-4-9-28-18(24-25-26-28)13-31-22-23-20-19(16-8-7-14(2)11-17(16)32-20)21(29)27(22)12-15-6-5-10-30-15/h14-15H,3-13H2,1-2H3/t14-,15-/m0/s1. The minimum atomic E-state index is 0.0793. The lowest BCUT2D eigenvalue weighted by atomic mass is 9.89. The quantitative estimate of drug-likeness (QED) is 0.362. The molecule has 5 rings (SSSR count). The van der Waals surface area contributed by atoms with Crippen LogP contribution in [0.25, 0.3) is 10.2 Å². The van der Waals surface area contributed by atoms with E-state index >= 15 is 0 Å². The molecule has 2 atom stereocenters. The Morgan fingerprint density at radius 3 is 3.03 bits per heavy atom. The Labute approximate surface area is 195 Å². The van der Waals surface area contributed by atoms with Gasteiger partial charge < -0.3 is 4.74 Å². The SMILES string of the molecule is CCCCn1nnnc1CSc1nc2sc3c(c2c(=O)n1C[C@@H]1CCCO1)CC[C@H](C)C3. The van der Waals surface area contributed by atoms with E-state index in [0.717, 1.165) is 79.3 Å². The predicted octanol–water partition coefficient (Wildman–Crippen LogP) is 3.84. The van der Waals surface area contributed by atoms with Gasteiger partial charge in [0.2, 0.25) is 0 Å². The van der Waals surface area contributed by atoms with E-state index in [9.17, 15) is 4.79 Å². The molecule has 0 N–H and O–H groups in total. The summed E-state index contributed by atoms with van der Waals surface area (Å²) >= 11 is 3.26. The van der Waals surface area contributed by atoms with Crippen molar-refractivity contribution in [1.82, 2.24) is 29.8 Å². The third kappa shape index (κ3) is 4.36. The molecule has 0 unspecified atom stereocenters. The van der Waals surface area contributed by atoms with Crippen molar-refractivity contribution in [3.63, 3.8) is 0 Å². The van der Waals surface area contributed by atoms with Gasteiger partial charge in [0.1, 0.15) is 4.83 Å². The topological polar surface area (TPSA) is 87.7 Å². The molecule has 0 spiro atoms. The second kappa shape index (κ2) is 9.61. The largest absolute Gasteiger partial charge is 0.376 e. The molecule has 0 bridgehead atoms. The highest BCUT2D eigenvalue weighted by Gasteiger charge is 2.26. The molecular formula is C22H30N6O2S2. The summed E-state index contributed by atoms with van der Waals surface area (Å²) in [6, 6.07) is 0. The minimum absolute atomic E-state index is 0.0793. The number of hydrogen-bond donors (Lipinski definition) is 0. The lowest BCUT2D eigenvalue weighted by Crippen LogP contribution is -2.29. The Morgan fingerprint density at radius 1 is 1.31 bits per heavy atom. The highest BCUT2D eigenvalue weighted by Crippen LogP contribution is 2.37. The number of rotatable bonds is 8. The van der Waals surface area contributed by atoms with Crippen molar-refractivity contribution < 1.29 is 4.74 Å². The molecular weight excluding hydrogens is 444 g/mol. The Hall–Kier alpha value is -1.78. The summed E-state index contributed by atoms with van der Waals surface area (Å²) in [5.41, 5.74) is 1.33. The van der Waals surface area contributed by atoms with Gasteiger partial charge in [-0.05, 0) is 60.4 Å². The Balaban J connectivity index is 1.50. The number of fused-ring (bicyclic) bond motifs is 3. The predicted molar refractivity (Wildman–Crippen MR) is 126 cm³/mol. The molecule has 172 valence electrons. The Bertz CT molecular complexity index is 1150. The van der Waals surface area contributed by atoms with Crippen LogP contribution in [-0.4, -0.2) is 42.5 Å². The van der Waals surface area contributed by atoms with Crippen LogP contribution >= 0.6 is 23.1 Å². The molecule has 8 nitrogen and oxygen atoms in total. The van der Waals surface area contributed by atoms with Crippen LogP contribution in [0.15, 0.2) is 9.95 Å². The molecule has 0 aromatic carbocycles. The highest BCUT2D eigenvalue weighted by atomic mass is 32.2. The Kier molecular flexibility index (Phi) is 6.61. The molecule has 0 saturated carbocycles. The molecule has 10 heteroatoms. The average Bonchev–Trinajstić information content (AvgIpc) is 3.52. The first kappa shape index (κ1) is 22.0. The first-order valence-electron chi connectivity index (χ1n) is 11.7. The lowest BCUT2D eigenvalue weighted by Gasteiger charge is -2.18. The summed E-state index contributed by atoms with van der Waals surface area (Å²) in [5, 5.41) is 13.8. The number of thiophene rings is 1. The van der Waals surface area contributed by atoms with Crippen LogP contribution < -0.4 is 5.56 Å². The van der Waals surface area contributed by atoms with E-state index in [-0.39, 0.29) is 11.7 Å². The smallest absolute Gasteiger partial charge is 0.263 e. The van der Waals surface area contributed by atoms with Crippen LogP contribution in [0.1, 0.15) is 62.2 Å². The molecule has 1 aliphatic carbocycles. The number of aromatic nitrogens is 6. The fourth-order valence-corrected chi connectivity index (χ4v) is 6.97. The van der Waals surface area contributed by atoms with E-state index in [1.165, 1.54) is 10.4 Å². The number of thioether (sulfide) groups is 1. The van der Waals surface area contributed by atoms with Crippen LogP contribution in [0.2, 0.25) is 0 Å². The number of aryl methyl sites for hydroxylation is 2. The van der Waals surface area contributed by atoms with Crippen molar-refractivity contribution in [2.45, 2.75) is 88.9 Å². The van der Waals surface area contributed by atoms with Gasteiger partial charge in [0, 0.05) is 18.0 Å². The van der Waals surface area contributed by atoms with Gasteiger partial charge in [0.25, 0.3) is 5.56 Å². The van der Waals surface area contributed by atoms with Crippen molar-refractivity contribution >= 4 is 33.3 Å². The number of tetrazole rings is 1. The molecule has 32 heavy (non-hydrogen) atoms. The lowest BCUT2D eigenvalue weighted by molar-refractivity contribution is 0.0937. The van der Waals surface area contributed by atoms with E-state index in [1.807, 2.05) is 9.25 Å². The molecule has 3 aromatic rings. The molecule has 1 aliphatic heterocycles. The van der Waals surface area contributed by atoms with Crippen LogP contribution in [0.3, 0.4) is 0 Å². The van der Waals surface area contributed by atoms with Crippen molar-refractivity contribution in [3.8, 4) is 0 Å². The van der Waals surface area contributed by atoms with Crippen molar-refractivity contribution in [1.29, 1.82) is 0 Å². The molecule has 4 heterocycles. The van der Waals surface area contributed by atoms with Crippen LogP contribution in [0, 0.1) is 5.92 Å². The molecule has 1 fully saturated rings. The maximum absolute atomic E-state index is 13.7. The number of ether oxygens (including phenoxy) is 1. The van der Waals surface area contributed by atoms with E-state index in [1.54, 1.807) is 23.1 Å². The zero-order valence-corrected chi connectivity index (χ0v) is 20.4. The second-order valence-electron chi connectivity index (χ2n) is 8.94. The fraction of sp³-hybridized carbons (Fsp3) is 0.682. The summed E-state index contributed by atoms with van der Waals surface area (Å²) in [5.74, 6) is 2.07. The maximum atomic E-state index is 13.7. The molecule has 2 aliphatic rings. The van der Waals surface area contributed by atoms with Gasteiger partial charge in [0.05, 0.1) is 23.8 Å². The van der Waals surface area contributed by atoms with Crippen LogP contribution in [0.4, 0.5) is 0 Å². The first-order valence-corrected chi connectivity index (χ1v) is 13.5. The first-order chi connectivity index (χ1) is 15.6. The fourth-order valence-electron chi connectivity index (χ4n) is 4.61. The van der Waals surface area contributed by atoms with E-state index < -0.39 is 0 Å². The van der Waals surface area contributed by atoms with Gasteiger partial charge in [-0.3, -0.25) is 9.36 Å². The highest BCUT2D eigenvalue weighted by molar-refractivity contribution is 7.98. The third-order valence-corrected chi connectivity index (χ3v) is 8.57. The van der Waals surface area contributed by atoms with Crippen molar-refractivity contribution in [3.05, 3.63) is 26.6 Å². The summed E-state index contributed by atoms with van der Waals surface area (Å²) in [7, 11) is 0. The maximum Gasteiger partial charge on any atom is 0.263 e. The summed E-state index contributed by atoms with van der Waals surface area (Å²) < 4.78 is 9.59. The van der Waals surface area contributed by atoms with Gasteiger partial charge >= 0.3 is 0 Å². The van der Waals surface area contributed by atoms with E-state index in [0.29, 0.717) is 18.2 Å². The third-order valence-electron chi connectivity index (χ3n) is 6.45. The average molecular weight is 475 g/mol. The van der Waals surface area contributed by atoms with E-state index in [4.69, 9.17) is 9.72 Å². The zero-order valence-electron chi connectivity index (χ0n) is 18.7. The second-order valence-corrected chi connectivity index (χ2v) is 11.0. The minimum Gasteiger partial charge on any atom is -0.376 e. The van der Waals surface area contributed by atoms with E-state index in [2.05, 4.69) is 29.4 Å². The Morgan fingerprint density at radius 2 is 2.22 bits per heavy atom. The summed E-state index contributed by atoms with van der Waals surface area (Å²) in [4.78, 5) is 21.0. The zero-order chi connectivity index (χ0) is 22.1. The molecule has 0 amide bonds. The van der Waals surface area contributed by atoms with Crippen LogP contribution in [0.5, 0.6) is 0 Å². The number of hydrogen-bond acceptors (Lipinski definition) is 8. The normalized spacial score (nSPS) is 20.8. The van der Waals surface area contributed by atoms with Gasteiger partial charge in [-0.25, -0.2) is 9.67 Å². The number of nitrogens with zero attached hydrogens (tertiary/aromatic N) is 6. The summed E-state index contributed by atoms with van der Waals surface area (Å²) in [6.07, 6.45) is 7.42. The molecule has 3 aromatic heterocycles. The van der Waals surface area contributed by atoms with Crippen LogP contribution in [-0.2, 0) is 36.4 Å². The van der Waals surface area contributed by atoms with Crippen molar-refractivity contribution in [2.75, 3.05) is 6.61 Å². The summed E-state index contributed by atoms with van der Waals surface area (Å²) in [6.45, 7) is 6.59.